The summed E-state index contributed by atoms with van der Waals surface area (Å²) in [5.41, 5.74) is 12.5. The van der Waals surface area contributed by atoms with Gasteiger partial charge in [-0.1, -0.05) is 124 Å². The van der Waals surface area contributed by atoms with Gasteiger partial charge in [-0.15, -0.1) is 0 Å². The van der Waals surface area contributed by atoms with Crippen LogP contribution in [0.3, 0.4) is 0 Å². The molecule has 324 valence electrons. The molecule has 0 aromatic heterocycles. The van der Waals surface area contributed by atoms with Gasteiger partial charge in [-0.05, 0) is 40.7 Å². The standard InChI is InChI=1S/C44H57N3O12Si/c1-27(2)44(4,5)60(7,8)59-43-39(54-28(3)48)36(52-25-30-20-14-10-15-21-30)37(38(58-43)40(49)50-6)57-42-33(46-47-45)35(51-24-29-18-12-9-13-19-29)34-32(55-42)26-53-41(56-34)31-22-16-11-17-23-31/h9-23,27,32-39,41-43H,24-26H2,1-8H3/t32-,33-,34-,35-,36+,37+,38-,39-,41?,42-,43-/m1/s1. The summed E-state index contributed by atoms with van der Waals surface area (Å²) in [5, 5.41) is 3.89. The quantitative estimate of drug-likeness (QED) is 0.0456. The molecule has 3 aromatic carbocycles. The van der Waals surface area contributed by atoms with E-state index < -0.39 is 87.9 Å². The lowest BCUT2D eigenvalue weighted by Crippen LogP contribution is -2.68. The number of carbonyl (C=O) groups excluding carboxylic acids is 2. The lowest BCUT2D eigenvalue weighted by molar-refractivity contribution is -0.369. The number of ether oxygens (including phenoxy) is 9. The van der Waals surface area contributed by atoms with Crippen molar-refractivity contribution in [3.8, 4) is 0 Å². The van der Waals surface area contributed by atoms with E-state index in [2.05, 4.69) is 50.8 Å². The smallest absolute Gasteiger partial charge is 0.337 e. The number of methoxy groups -OCH3 is 1. The lowest BCUT2D eigenvalue weighted by atomic mass is 9.94. The molecule has 1 unspecified atom stereocenters. The average molecular weight is 848 g/mol. The van der Waals surface area contributed by atoms with Crippen LogP contribution in [0.15, 0.2) is 96.1 Å². The molecule has 0 radical (unpaired) electrons. The van der Waals surface area contributed by atoms with Gasteiger partial charge < -0.3 is 47.1 Å². The van der Waals surface area contributed by atoms with Crippen molar-refractivity contribution in [1.82, 2.24) is 0 Å². The number of benzene rings is 3. The monoisotopic (exact) mass is 847 g/mol. The normalized spacial score (nSPS) is 29.5. The zero-order chi connectivity index (χ0) is 43.0. The molecule has 0 bridgehead atoms. The van der Waals surface area contributed by atoms with E-state index >= 15 is 0 Å². The minimum absolute atomic E-state index is 0.0312. The Kier molecular flexibility index (Phi) is 15.2. The molecule has 0 saturated carbocycles. The maximum atomic E-state index is 13.9. The van der Waals surface area contributed by atoms with Crippen molar-refractivity contribution in [2.45, 2.75) is 134 Å². The highest BCUT2D eigenvalue weighted by atomic mass is 28.4. The predicted octanol–water partition coefficient (Wildman–Crippen LogP) is 7.55. The van der Waals surface area contributed by atoms with Gasteiger partial charge in [-0.3, -0.25) is 4.79 Å². The van der Waals surface area contributed by atoms with Gasteiger partial charge in [0.15, 0.2) is 39.4 Å². The third kappa shape index (κ3) is 10.5. The molecule has 3 aromatic rings. The Morgan fingerprint density at radius 2 is 1.42 bits per heavy atom. The second-order valence-electron chi connectivity index (χ2n) is 16.6. The first-order valence-electron chi connectivity index (χ1n) is 20.3. The second-order valence-corrected chi connectivity index (χ2v) is 21.1. The molecular formula is C44H57N3O12Si. The van der Waals surface area contributed by atoms with Crippen LogP contribution in [0, 0.1) is 5.92 Å². The third-order valence-corrected chi connectivity index (χ3v) is 16.6. The van der Waals surface area contributed by atoms with E-state index in [9.17, 15) is 15.1 Å². The van der Waals surface area contributed by atoms with Gasteiger partial charge in [0.1, 0.15) is 36.6 Å². The number of hydrogen-bond donors (Lipinski definition) is 0. The lowest BCUT2D eigenvalue weighted by Gasteiger charge is -2.52. The van der Waals surface area contributed by atoms with Crippen LogP contribution in [-0.2, 0) is 69.9 Å². The maximum Gasteiger partial charge on any atom is 0.337 e. The molecule has 0 spiro atoms. The topological polar surface area (TPSA) is 175 Å². The minimum Gasteiger partial charge on any atom is -0.467 e. The molecule has 60 heavy (non-hydrogen) atoms. The summed E-state index contributed by atoms with van der Waals surface area (Å²) in [6.45, 7) is 14.1. The van der Waals surface area contributed by atoms with E-state index in [0.29, 0.717) is 0 Å². The van der Waals surface area contributed by atoms with E-state index in [0.717, 1.165) is 16.7 Å². The Bertz CT molecular complexity index is 1900. The molecule has 0 amide bonds. The largest absolute Gasteiger partial charge is 0.467 e. The van der Waals surface area contributed by atoms with E-state index in [1.807, 2.05) is 91.0 Å². The Morgan fingerprint density at radius 3 is 1.97 bits per heavy atom. The van der Waals surface area contributed by atoms with Crippen LogP contribution in [0.4, 0.5) is 0 Å². The second kappa shape index (κ2) is 20.1. The number of hydrogen-bond acceptors (Lipinski definition) is 13. The zero-order valence-corrected chi connectivity index (χ0v) is 36.5. The summed E-state index contributed by atoms with van der Waals surface area (Å²) in [4.78, 5) is 30.0. The van der Waals surface area contributed by atoms with Crippen molar-refractivity contribution in [3.63, 3.8) is 0 Å². The Hall–Kier alpha value is -4.19. The average Bonchev–Trinajstić information content (AvgIpc) is 3.24. The number of fused-ring (bicyclic) bond motifs is 1. The van der Waals surface area contributed by atoms with Gasteiger partial charge in [-0.25, -0.2) is 4.79 Å². The zero-order valence-electron chi connectivity index (χ0n) is 35.5. The fourth-order valence-electron chi connectivity index (χ4n) is 7.52. The van der Waals surface area contributed by atoms with Gasteiger partial charge in [0.05, 0.1) is 26.9 Å². The van der Waals surface area contributed by atoms with Crippen LogP contribution in [0.5, 0.6) is 0 Å². The number of nitrogens with zero attached hydrogens (tertiary/aromatic N) is 3. The van der Waals surface area contributed by atoms with Gasteiger partial charge in [0.25, 0.3) is 0 Å². The summed E-state index contributed by atoms with van der Waals surface area (Å²) in [5.74, 6) is -1.22. The van der Waals surface area contributed by atoms with Crippen molar-refractivity contribution >= 4 is 20.3 Å². The molecule has 16 heteroatoms. The highest BCUT2D eigenvalue weighted by Gasteiger charge is 2.59. The fourth-order valence-corrected chi connectivity index (χ4v) is 9.98. The number of esters is 2. The van der Waals surface area contributed by atoms with Crippen molar-refractivity contribution < 1.29 is 56.6 Å². The summed E-state index contributed by atoms with van der Waals surface area (Å²) in [6.07, 6.45) is -11.2. The van der Waals surface area contributed by atoms with E-state index in [-0.39, 0.29) is 30.8 Å². The van der Waals surface area contributed by atoms with E-state index in [4.69, 9.17) is 47.1 Å². The number of rotatable bonds is 16. The van der Waals surface area contributed by atoms with Crippen LogP contribution in [0.1, 0.15) is 57.6 Å². The number of azide groups is 1. The molecule has 11 atom stereocenters. The van der Waals surface area contributed by atoms with Crippen molar-refractivity contribution in [1.29, 1.82) is 0 Å². The van der Waals surface area contributed by atoms with Crippen LogP contribution in [0.2, 0.25) is 18.1 Å². The highest BCUT2D eigenvalue weighted by Crippen LogP contribution is 2.47. The first kappa shape index (κ1) is 45.3. The molecular weight excluding hydrogens is 791 g/mol. The van der Waals surface area contributed by atoms with Gasteiger partial charge >= 0.3 is 11.9 Å². The highest BCUT2D eigenvalue weighted by molar-refractivity contribution is 6.74. The summed E-state index contributed by atoms with van der Waals surface area (Å²) in [6, 6.07) is 27.2. The molecule has 3 fully saturated rings. The van der Waals surface area contributed by atoms with Crippen molar-refractivity contribution in [2.75, 3.05) is 13.7 Å². The summed E-state index contributed by atoms with van der Waals surface area (Å²) in [7, 11) is -1.51. The Labute approximate surface area is 352 Å². The van der Waals surface area contributed by atoms with Gasteiger partial charge in [-0.2, -0.15) is 0 Å². The summed E-state index contributed by atoms with van der Waals surface area (Å²) < 4.78 is 64.0. The fraction of sp³-hybridized carbons (Fsp3) is 0.545. The number of carbonyl (C=O) groups is 2. The van der Waals surface area contributed by atoms with E-state index in [1.165, 1.54) is 14.0 Å². The van der Waals surface area contributed by atoms with Gasteiger partial charge in [0.2, 0.25) is 0 Å². The third-order valence-electron chi connectivity index (χ3n) is 12.1. The van der Waals surface area contributed by atoms with Crippen LogP contribution < -0.4 is 0 Å². The van der Waals surface area contributed by atoms with Gasteiger partial charge in [0, 0.05) is 17.4 Å². The SMILES string of the molecule is COC(=O)[C@@H]1O[C@H](O[Si](C)(C)C(C)(C)C(C)C)[C@H](OC(C)=O)[C@@H](OCc2ccccc2)[C@@H]1O[C@H]1O[C@@H]2COC(c3ccccc3)O[C@H]2[C@H](OCc2ccccc2)[C@H]1N=[N+]=[N-]. The van der Waals surface area contributed by atoms with Crippen molar-refractivity contribution in [2.24, 2.45) is 11.0 Å². The summed E-state index contributed by atoms with van der Waals surface area (Å²) >= 11 is 0. The molecule has 6 rings (SSSR count). The molecule has 3 heterocycles. The molecule has 3 aliphatic heterocycles. The first-order valence-corrected chi connectivity index (χ1v) is 23.2. The first-order chi connectivity index (χ1) is 28.7. The maximum absolute atomic E-state index is 13.9. The van der Waals surface area contributed by atoms with Crippen LogP contribution >= 0.6 is 0 Å². The Morgan fingerprint density at radius 1 is 0.833 bits per heavy atom. The molecule has 0 N–H and O–H groups in total. The molecule has 3 aliphatic rings. The van der Waals surface area contributed by atoms with Crippen molar-refractivity contribution in [3.05, 3.63) is 118 Å². The van der Waals surface area contributed by atoms with E-state index in [1.54, 1.807) is 0 Å². The van der Waals surface area contributed by atoms with Crippen LogP contribution in [-0.4, -0.2) is 95.3 Å². The molecule has 3 saturated heterocycles. The van der Waals surface area contributed by atoms with Crippen LogP contribution in [0.25, 0.3) is 10.4 Å². The minimum atomic E-state index is -2.74. The Balaban J connectivity index is 1.40. The molecule has 0 aliphatic carbocycles. The predicted molar refractivity (Wildman–Crippen MR) is 220 cm³/mol. The molecule has 15 nitrogen and oxygen atoms in total.